The smallest absolute Gasteiger partial charge is 0.226 e. The first kappa shape index (κ1) is 24.1. The lowest BCUT2D eigenvalue weighted by Gasteiger charge is -2.41. The largest absolute Gasteiger partial charge is 0.481 e. The van der Waals surface area contributed by atoms with E-state index in [-0.39, 0.29) is 17.3 Å². The monoisotopic (exact) mass is 487 g/mol. The van der Waals surface area contributed by atoms with Gasteiger partial charge in [-0.2, -0.15) is 10.2 Å². The topological polar surface area (TPSA) is 108 Å². The van der Waals surface area contributed by atoms with Crippen LogP contribution in [0.2, 0.25) is 0 Å². The summed E-state index contributed by atoms with van der Waals surface area (Å²) in [6.45, 7) is 0.492. The van der Waals surface area contributed by atoms with Gasteiger partial charge in [0.05, 0.1) is 37.5 Å². The minimum absolute atomic E-state index is 0.124. The van der Waals surface area contributed by atoms with Gasteiger partial charge in [0.25, 0.3) is 0 Å². The van der Waals surface area contributed by atoms with Crippen molar-refractivity contribution < 1.29 is 24.4 Å². The Kier molecular flexibility index (Phi) is 5.87. The average Bonchev–Trinajstić information content (AvgIpc) is 3.26. The molecule has 0 radical (unpaired) electrons. The molecule has 5 atom stereocenters. The van der Waals surface area contributed by atoms with Gasteiger partial charge in [0.1, 0.15) is 5.75 Å². The van der Waals surface area contributed by atoms with Crippen molar-refractivity contribution in [2.45, 2.75) is 23.2 Å². The molecule has 2 aromatic carbocycles. The molecule has 0 amide bonds. The minimum Gasteiger partial charge on any atom is -0.481 e. The molecule has 1 fully saturated rings. The number of aliphatic hydroxyl groups excluding tert-OH is 1. The molecule has 36 heavy (non-hydrogen) atoms. The van der Waals surface area contributed by atoms with Gasteiger partial charge in [0, 0.05) is 24.4 Å². The summed E-state index contributed by atoms with van der Waals surface area (Å²) in [6, 6.07) is 20.5. The Balaban J connectivity index is 1.86. The van der Waals surface area contributed by atoms with E-state index in [0.29, 0.717) is 23.4 Å². The molecule has 0 saturated heterocycles. The molecule has 8 nitrogen and oxygen atoms in total. The van der Waals surface area contributed by atoms with Crippen LogP contribution in [0.5, 0.6) is 17.5 Å². The number of methoxy groups -OCH3 is 2. The molecule has 2 N–H and O–H groups in total. The van der Waals surface area contributed by atoms with E-state index in [9.17, 15) is 15.5 Å². The molecule has 1 aromatic heterocycles. The first-order valence-electron chi connectivity index (χ1n) is 11.7. The molecule has 5 rings (SSSR count). The normalized spacial score (nSPS) is 28.2. The lowest BCUT2D eigenvalue weighted by molar-refractivity contribution is -0.152. The molecule has 5 unspecified atom stereocenters. The van der Waals surface area contributed by atoms with Crippen LogP contribution in [0.1, 0.15) is 28.2 Å². The first-order chi connectivity index (χ1) is 17.3. The summed E-state index contributed by atoms with van der Waals surface area (Å²) in [5.74, 6) is -0.160. The van der Waals surface area contributed by atoms with Crippen molar-refractivity contribution in [1.82, 2.24) is 9.88 Å². The SMILES string of the molecule is COc1cc2c(c(OC)n1)C1(O)C(O)C(CN(C)C)C(c3ccccc3)C1(c1ccc(C#N)cc1)O2. The van der Waals surface area contributed by atoms with Gasteiger partial charge in [0.2, 0.25) is 11.8 Å². The molecule has 2 aliphatic rings. The standard InChI is InChI=1S/C28H29N3O5/c1-31(2)16-20-23(18-8-6-5-7-9-18)28(19-12-10-17(15-29)11-13-19)27(33,25(20)32)24-21(36-28)14-22(34-3)30-26(24)35-4/h5-14,20,23,25,32-33H,16H2,1-4H3. The fourth-order valence-corrected chi connectivity index (χ4v) is 6.08. The molecule has 2 heterocycles. The molecule has 8 heteroatoms. The van der Waals surface area contributed by atoms with E-state index in [1.807, 2.05) is 49.3 Å². The lowest BCUT2D eigenvalue weighted by atomic mass is 9.70. The van der Waals surface area contributed by atoms with E-state index in [1.165, 1.54) is 14.2 Å². The van der Waals surface area contributed by atoms with Crippen LogP contribution in [-0.4, -0.2) is 61.1 Å². The molecule has 1 saturated carbocycles. The van der Waals surface area contributed by atoms with Gasteiger partial charge in [-0.15, -0.1) is 0 Å². The number of fused-ring (bicyclic) bond motifs is 3. The van der Waals surface area contributed by atoms with Crippen molar-refractivity contribution in [1.29, 1.82) is 5.26 Å². The Morgan fingerprint density at radius 3 is 2.36 bits per heavy atom. The Morgan fingerprint density at radius 1 is 1.08 bits per heavy atom. The summed E-state index contributed by atoms with van der Waals surface area (Å²) in [4.78, 5) is 6.40. The predicted octanol–water partition coefficient (Wildman–Crippen LogP) is 2.78. The number of pyridine rings is 1. The quantitative estimate of drug-likeness (QED) is 0.547. The van der Waals surface area contributed by atoms with Gasteiger partial charge in [-0.1, -0.05) is 42.5 Å². The zero-order valence-corrected chi connectivity index (χ0v) is 20.7. The van der Waals surface area contributed by atoms with E-state index in [1.54, 1.807) is 30.3 Å². The third kappa shape index (κ3) is 3.21. The Labute approximate surface area is 210 Å². The van der Waals surface area contributed by atoms with Crippen LogP contribution < -0.4 is 14.2 Å². The lowest BCUT2D eigenvalue weighted by Crippen LogP contribution is -2.52. The molecule has 3 aromatic rings. The zero-order chi connectivity index (χ0) is 25.7. The van der Waals surface area contributed by atoms with E-state index in [2.05, 4.69) is 11.1 Å². The molecule has 1 aliphatic carbocycles. The summed E-state index contributed by atoms with van der Waals surface area (Å²) in [7, 11) is 6.82. The Bertz CT molecular complexity index is 1310. The highest BCUT2D eigenvalue weighted by Crippen LogP contribution is 2.69. The Hall–Kier alpha value is -3.64. The zero-order valence-electron chi connectivity index (χ0n) is 20.7. The number of aliphatic hydroxyl groups is 2. The van der Waals surface area contributed by atoms with Crippen LogP contribution >= 0.6 is 0 Å². The summed E-state index contributed by atoms with van der Waals surface area (Å²) in [5, 5.41) is 34.1. The number of nitriles is 1. The van der Waals surface area contributed by atoms with E-state index >= 15 is 0 Å². The fourth-order valence-electron chi connectivity index (χ4n) is 6.08. The number of hydrogen-bond donors (Lipinski definition) is 2. The van der Waals surface area contributed by atoms with Crippen molar-refractivity contribution >= 4 is 0 Å². The highest BCUT2D eigenvalue weighted by molar-refractivity contribution is 5.60. The predicted molar refractivity (Wildman–Crippen MR) is 132 cm³/mol. The van der Waals surface area contributed by atoms with Crippen molar-refractivity contribution in [3.05, 3.63) is 82.9 Å². The van der Waals surface area contributed by atoms with Gasteiger partial charge >= 0.3 is 0 Å². The minimum atomic E-state index is -1.91. The van der Waals surface area contributed by atoms with Crippen LogP contribution in [0.3, 0.4) is 0 Å². The van der Waals surface area contributed by atoms with Gasteiger partial charge in [-0.3, -0.25) is 0 Å². The fraction of sp³-hybridized carbons (Fsp3) is 0.357. The van der Waals surface area contributed by atoms with Crippen molar-refractivity contribution in [2.24, 2.45) is 5.92 Å². The second-order valence-electron chi connectivity index (χ2n) is 9.60. The Morgan fingerprint density at radius 2 is 1.78 bits per heavy atom. The van der Waals surface area contributed by atoms with Crippen molar-refractivity contribution in [3.8, 4) is 23.6 Å². The maximum absolute atomic E-state index is 12.8. The highest BCUT2D eigenvalue weighted by Gasteiger charge is 2.77. The summed E-state index contributed by atoms with van der Waals surface area (Å²) in [6.07, 6.45) is -1.23. The van der Waals surface area contributed by atoms with Crippen molar-refractivity contribution in [2.75, 3.05) is 34.9 Å². The first-order valence-corrected chi connectivity index (χ1v) is 11.7. The molecular formula is C28H29N3O5. The highest BCUT2D eigenvalue weighted by atomic mass is 16.5. The number of aromatic nitrogens is 1. The van der Waals surface area contributed by atoms with E-state index < -0.39 is 29.1 Å². The van der Waals surface area contributed by atoms with Crippen LogP contribution in [0.15, 0.2) is 60.7 Å². The second-order valence-corrected chi connectivity index (χ2v) is 9.60. The number of nitrogens with zero attached hydrogens (tertiary/aromatic N) is 3. The average molecular weight is 488 g/mol. The summed E-state index contributed by atoms with van der Waals surface area (Å²) < 4.78 is 17.8. The third-order valence-electron chi connectivity index (χ3n) is 7.42. The maximum Gasteiger partial charge on any atom is 0.226 e. The van der Waals surface area contributed by atoms with Gasteiger partial charge < -0.3 is 29.3 Å². The van der Waals surface area contributed by atoms with Crippen LogP contribution in [0.25, 0.3) is 0 Å². The third-order valence-corrected chi connectivity index (χ3v) is 7.42. The van der Waals surface area contributed by atoms with Gasteiger partial charge in [-0.05, 0) is 37.4 Å². The molecular weight excluding hydrogens is 458 g/mol. The molecule has 186 valence electrons. The van der Waals surface area contributed by atoms with Crippen LogP contribution in [0, 0.1) is 17.2 Å². The number of benzene rings is 2. The molecule has 0 spiro atoms. The molecule has 1 aliphatic heterocycles. The second kappa shape index (κ2) is 8.79. The number of ether oxygens (including phenoxy) is 3. The summed E-state index contributed by atoms with van der Waals surface area (Å²) in [5.41, 5.74) is -1.04. The van der Waals surface area contributed by atoms with Crippen LogP contribution in [-0.2, 0) is 11.2 Å². The van der Waals surface area contributed by atoms with E-state index in [0.717, 1.165) is 5.56 Å². The van der Waals surface area contributed by atoms with Crippen LogP contribution in [0.4, 0.5) is 0 Å². The maximum atomic E-state index is 12.8. The van der Waals surface area contributed by atoms with Crippen molar-refractivity contribution in [3.63, 3.8) is 0 Å². The van der Waals surface area contributed by atoms with Gasteiger partial charge in [0.15, 0.2) is 11.2 Å². The molecule has 0 bridgehead atoms. The number of rotatable bonds is 6. The van der Waals surface area contributed by atoms with E-state index in [4.69, 9.17) is 14.2 Å². The number of hydrogen-bond acceptors (Lipinski definition) is 8. The summed E-state index contributed by atoms with van der Waals surface area (Å²) >= 11 is 0. The van der Waals surface area contributed by atoms with Gasteiger partial charge in [-0.25, -0.2) is 0 Å².